The van der Waals surface area contributed by atoms with Crippen molar-refractivity contribution in [3.63, 3.8) is 0 Å². The Morgan fingerprint density at radius 2 is 1.54 bits per heavy atom. The Hall–Kier alpha value is -2.41. The van der Waals surface area contributed by atoms with E-state index >= 15 is 0 Å². The number of carboxylic acids is 1. The van der Waals surface area contributed by atoms with Crippen LogP contribution in [0, 0.1) is 4.91 Å². The first-order valence-corrected chi connectivity index (χ1v) is 6.78. The van der Waals surface area contributed by atoms with Crippen molar-refractivity contribution in [2.45, 2.75) is 0 Å². The van der Waals surface area contributed by atoms with Gasteiger partial charge in [-0.2, -0.15) is 0 Å². The van der Waals surface area contributed by atoms with E-state index < -0.39 is 5.97 Å². The molecular weight excluding hydrogens is 317 g/mol. The third-order valence-electron chi connectivity index (χ3n) is 3.36. The molecule has 112 valence electrons. The van der Waals surface area contributed by atoms with Gasteiger partial charge in [0.1, 0.15) is 11.4 Å². The Kier molecular flexibility index (Phi) is 5.92. The molecule has 6 nitrogen and oxygen atoms in total. The number of benzene rings is 3. The molecule has 0 aliphatic heterocycles. The Morgan fingerprint density at radius 1 is 0.833 bits per heavy atom. The summed E-state index contributed by atoms with van der Waals surface area (Å²) in [6.07, 6.45) is 0. The van der Waals surface area contributed by atoms with Gasteiger partial charge in [-0.25, -0.2) is 0 Å². The van der Waals surface area contributed by atoms with Crippen LogP contribution in [0.25, 0.3) is 10.8 Å². The smallest absolute Gasteiger partial charge is 0.545 e. The number of nitroso groups, excluding NO2 is 1. The van der Waals surface area contributed by atoms with Crippen LogP contribution in [-0.4, -0.2) is 5.97 Å². The van der Waals surface area contributed by atoms with Gasteiger partial charge in [-0.15, -0.1) is 15.1 Å². The average Bonchev–Trinajstić information content (AvgIpc) is 2.59. The first-order chi connectivity index (χ1) is 11.2. The first kappa shape index (κ1) is 17.9. The summed E-state index contributed by atoms with van der Waals surface area (Å²) >= 11 is 0. The summed E-state index contributed by atoms with van der Waals surface area (Å²) in [5, 5.41) is 23.7. The van der Waals surface area contributed by atoms with Gasteiger partial charge in [-0.1, -0.05) is 48.5 Å². The standard InChI is InChI=1S/C17H11N3O3.Na/c21-17(22)13-7-3-4-8-14(13)18-19-16-12-6-2-1-5-11(12)9-10-15(16)20-23;/h1-10H,(H,21,22);/q;+1/p-1. The quantitative estimate of drug-likeness (QED) is 0.407. The van der Waals surface area contributed by atoms with Crippen LogP contribution in [0.4, 0.5) is 17.1 Å². The van der Waals surface area contributed by atoms with Crippen LogP contribution in [0.2, 0.25) is 0 Å². The normalized spacial score (nSPS) is 10.5. The number of rotatable bonds is 4. The first-order valence-electron chi connectivity index (χ1n) is 6.78. The SMILES string of the molecule is O=Nc1ccc2ccccc2c1N=Nc1ccccc1C(=O)[O-].[Na+]. The number of aromatic carboxylic acids is 1. The van der Waals surface area contributed by atoms with Crippen LogP contribution in [0.5, 0.6) is 0 Å². The van der Waals surface area contributed by atoms with Crippen LogP contribution in [-0.2, 0) is 0 Å². The van der Waals surface area contributed by atoms with Gasteiger partial charge in [0, 0.05) is 10.9 Å². The van der Waals surface area contributed by atoms with E-state index in [2.05, 4.69) is 15.4 Å². The molecular formula is C17H10N3NaO3. The third-order valence-corrected chi connectivity index (χ3v) is 3.36. The van der Waals surface area contributed by atoms with E-state index in [1.807, 2.05) is 18.2 Å². The summed E-state index contributed by atoms with van der Waals surface area (Å²) in [5.41, 5.74) is 0.513. The van der Waals surface area contributed by atoms with Gasteiger partial charge in [0.2, 0.25) is 0 Å². The van der Waals surface area contributed by atoms with Gasteiger partial charge in [-0.05, 0) is 22.7 Å². The van der Waals surface area contributed by atoms with Crippen molar-refractivity contribution in [2.24, 2.45) is 15.4 Å². The summed E-state index contributed by atoms with van der Waals surface area (Å²) in [4.78, 5) is 22.1. The molecule has 24 heavy (non-hydrogen) atoms. The average molecular weight is 327 g/mol. The van der Waals surface area contributed by atoms with Crippen molar-refractivity contribution in [3.05, 3.63) is 71.1 Å². The Morgan fingerprint density at radius 3 is 2.29 bits per heavy atom. The zero-order valence-electron chi connectivity index (χ0n) is 12.8. The maximum Gasteiger partial charge on any atom is 1.00 e. The predicted octanol–water partition coefficient (Wildman–Crippen LogP) is 1.02. The second kappa shape index (κ2) is 7.92. The number of nitrogens with zero attached hydrogens (tertiary/aromatic N) is 3. The molecule has 0 heterocycles. The maximum absolute atomic E-state index is 11.1. The van der Waals surface area contributed by atoms with E-state index in [0.29, 0.717) is 11.1 Å². The number of fused-ring (bicyclic) bond motifs is 1. The van der Waals surface area contributed by atoms with Crippen molar-refractivity contribution in [2.75, 3.05) is 0 Å². The summed E-state index contributed by atoms with van der Waals surface area (Å²) < 4.78 is 0. The minimum Gasteiger partial charge on any atom is -0.545 e. The second-order valence-corrected chi connectivity index (χ2v) is 4.75. The van der Waals surface area contributed by atoms with Crippen molar-refractivity contribution in [1.82, 2.24) is 0 Å². The maximum atomic E-state index is 11.1. The number of carbonyl (C=O) groups is 1. The summed E-state index contributed by atoms with van der Waals surface area (Å²) in [5.74, 6) is -1.34. The molecule has 3 aromatic rings. The molecule has 0 saturated carbocycles. The van der Waals surface area contributed by atoms with E-state index in [4.69, 9.17) is 0 Å². The molecule has 0 unspecified atom stereocenters. The number of azo groups is 1. The van der Waals surface area contributed by atoms with Gasteiger partial charge in [0.25, 0.3) is 0 Å². The van der Waals surface area contributed by atoms with E-state index in [9.17, 15) is 14.8 Å². The molecule has 0 bridgehead atoms. The molecule has 0 aliphatic rings. The van der Waals surface area contributed by atoms with E-state index in [1.165, 1.54) is 12.1 Å². The molecule has 3 rings (SSSR count). The number of carboxylic acid groups (broad SMARTS) is 1. The van der Waals surface area contributed by atoms with Crippen molar-refractivity contribution >= 4 is 33.8 Å². The molecule has 0 atom stereocenters. The van der Waals surface area contributed by atoms with E-state index in [0.717, 1.165) is 5.39 Å². The van der Waals surface area contributed by atoms with E-state index in [1.54, 1.807) is 30.3 Å². The van der Waals surface area contributed by atoms with Gasteiger partial charge in [0.05, 0.1) is 11.7 Å². The van der Waals surface area contributed by atoms with Crippen LogP contribution in [0.3, 0.4) is 0 Å². The number of hydrogen-bond donors (Lipinski definition) is 0. The Balaban J connectivity index is 0.00000208. The molecule has 0 amide bonds. The molecule has 0 fully saturated rings. The van der Waals surface area contributed by atoms with Gasteiger partial charge in [0.15, 0.2) is 0 Å². The second-order valence-electron chi connectivity index (χ2n) is 4.75. The number of hydrogen-bond acceptors (Lipinski definition) is 6. The molecule has 7 heteroatoms. The third kappa shape index (κ3) is 3.56. The summed E-state index contributed by atoms with van der Waals surface area (Å²) in [6.45, 7) is 0. The molecule has 0 aromatic heterocycles. The zero-order valence-corrected chi connectivity index (χ0v) is 14.8. The predicted molar refractivity (Wildman–Crippen MR) is 84.4 cm³/mol. The molecule has 0 saturated heterocycles. The van der Waals surface area contributed by atoms with E-state index in [-0.39, 0.29) is 46.5 Å². The molecule has 0 N–H and O–H groups in total. The molecule has 0 aliphatic carbocycles. The minimum absolute atomic E-state index is 0. The Labute approximate surface area is 159 Å². The fourth-order valence-electron chi connectivity index (χ4n) is 2.26. The largest absolute Gasteiger partial charge is 1.00 e. The monoisotopic (exact) mass is 327 g/mol. The molecule has 3 aromatic carbocycles. The van der Waals surface area contributed by atoms with Gasteiger partial charge in [-0.3, -0.25) is 0 Å². The van der Waals surface area contributed by atoms with Crippen molar-refractivity contribution < 1.29 is 39.5 Å². The van der Waals surface area contributed by atoms with Gasteiger partial charge < -0.3 is 9.90 Å². The molecule has 0 spiro atoms. The van der Waals surface area contributed by atoms with Crippen molar-refractivity contribution in [1.29, 1.82) is 0 Å². The fourth-order valence-corrected chi connectivity index (χ4v) is 2.26. The number of carbonyl (C=O) groups excluding carboxylic acids is 1. The summed E-state index contributed by atoms with van der Waals surface area (Å²) in [6, 6.07) is 16.8. The Bertz CT molecular complexity index is 941. The van der Waals surface area contributed by atoms with Crippen molar-refractivity contribution in [3.8, 4) is 0 Å². The molecule has 0 radical (unpaired) electrons. The van der Waals surface area contributed by atoms with Crippen LogP contribution in [0.1, 0.15) is 10.4 Å². The topological polar surface area (TPSA) is 94.3 Å². The van der Waals surface area contributed by atoms with Crippen LogP contribution < -0.4 is 34.7 Å². The summed E-state index contributed by atoms with van der Waals surface area (Å²) in [7, 11) is 0. The fraction of sp³-hybridized carbons (Fsp3) is 0. The van der Waals surface area contributed by atoms with Crippen LogP contribution >= 0.6 is 0 Å². The van der Waals surface area contributed by atoms with Gasteiger partial charge >= 0.3 is 29.6 Å². The zero-order chi connectivity index (χ0) is 16.2. The minimum atomic E-state index is -1.34. The van der Waals surface area contributed by atoms with Crippen LogP contribution in [0.15, 0.2) is 76.1 Å².